The van der Waals surface area contributed by atoms with Gasteiger partial charge in [0, 0.05) is 18.9 Å². The van der Waals surface area contributed by atoms with Crippen LogP contribution in [0.25, 0.3) is 11.4 Å². The van der Waals surface area contributed by atoms with E-state index in [0.29, 0.717) is 23.6 Å². The maximum atomic E-state index is 11.0. The molecule has 0 saturated heterocycles. The molecule has 19 heavy (non-hydrogen) atoms. The Hall–Kier alpha value is -2.50. The fraction of sp³-hybridized carbons (Fsp3) is 0.231. The van der Waals surface area contributed by atoms with Crippen LogP contribution in [0.5, 0.6) is 0 Å². The number of carboxylic acids is 1. The number of nitrogens with zero attached hydrogens (tertiary/aromatic N) is 2. The first-order valence-electron chi connectivity index (χ1n) is 5.69. The van der Waals surface area contributed by atoms with E-state index < -0.39 is 11.9 Å². The lowest BCUT2D eigenvalue weighted by molar-refractivity contribution is -0.139. The molecule has 1 aromatic carbocycles. The molecule has 0 spiro atoms. The Morgan fingerprint density at radius 2 is 2.11 bits per heavy atom. The minimum absolute atomic E-state index is 0.0456. The van der Waals surface area contributed by atoms with Crippen molar-refractivity contribution in [3.63, 3.8) is 0 Å². The lowest BCUT2D eigenvalue weighted by Crippen LogP contribution is -2.11. The number of carbonyl (C=O) groups excluding carboxylic acids is 1. The first-order valence-corrected chi connectivity index (χ1v) is 5.69. The van der Waals surface area contributed by atoms with E-state index in [-0.39, 0.29) is 6.42 Å². The third kappa shape index (κ3) is 2.85. The van der Waals surface area contributed by atoms with Crippen molar-refractivity contribution < 1.29 is 19.2 Å². The number of benzene rings is 1. The highest BCUT2D eigenvalue weighted by atomic mass is 16.5. The molecule has 0 radical (unpaired) electrons. The van der Waals surface area contributed by atoms with Crippen molar-refractivity contribution in [1.82, 2.24) is 10.1 Å². The van der Waals surface area contributed by atoms with Gasteiger partial charge in [0.25, 0.3) is 0 Å². The normalized spacial score (nSPS) is 12.1. The molecule has 1 unspecified atom stereocenters. The summed E-state index contributed by atoms with van der Waals surface area (Å²) in [5.74, 6) is -0.927. The summed E-state index contributed by atoms with van der Waals surface area (Å²) in [4.78, 5) is 25.6. The van der Waals surface area contributed by atoms with Crippen molar-refractivity contribution in [1.29, 1.82) is 0 Å². The predicted molar refractivity (Wildman–Crippen MR) is 65.5 cm³/mol. The molecule has 98 valence electrons. The van der Waals surface area contributed by atoms with E-state index in [1.54, 1.807) is 31.2 Å². The van der Waals surface area contributed by atoms with Crippen molar-refractivity contribution in [3.8, 4) is 11.4 Å². The van der Waals surface area contributed by atoms with Crippen molar-refractivity contribution in [2.24, 2.45) is 0 Å². The van der Waals surface area contributed by atoms with Gasteiger partial charge in [-0.25, -0.2) is 0 Å². The first kappa shape index (κ1) is 12.9. The Labute approximate surface area is 109 Å². The van der Waals surface area contributed by atoms with Gasteiger partial charge in [-0.15, -0.1) is 0 Å². The van der Waals surface area contributed by atoms with Gasteiger partial charge in [-0.1, -0.05) is 29.4 Å². The number of aryl methyl sites for hydroxylation is 1. The molecule has 6 heteroatoms. The first-order chi connectivity index (χ1) is 9.11. The maximum Gasteiger partial charge on any atom is 0.311 e. The molecule has 0 aliphatic rings. The fourth-order valence-electron chi connectivity index (χ4n) is 1.76. The van der Waals surface area contributed by atoms with Gasteiger partial charge in [0.2, 0.25) is 11.7 Å². The van der Waals surface area contributed by atoms with Crippen molar-refractivity contribution in [3.05, 3.63) is 35.7 Å². The Kier molecular flexibility index (Phi) is 3.70. The van der Waals surface area contributed by atoms with Crippen LogP contribution in [0.3, 0.4) is 0 Å². The molecule has 0 aliphatic carbocycles. The third-order valence-electron chi connectivity index (χ3n) is 2.73. The van der Waals surface area contributed by atoms with E-state index in [1.807, 2.05) is 0 Å². The topological polar surface area (TPSA) is 93.3 Å². The van der Waals surface area contributed by atoms with E-state index in [2.05, 4.69) is 10.1 Å². The molecule has 0 fully saturated rings. The summed E-state index contributed by atoms with van der Waals surface area (Å²) < 4.78 is 4.87. The summed E-state index contributed by atoms with van der Waals surface area (Å²) in [6, 6.07) is 6.73. The van der Waals surface area contributed by atoms with Crippen LogP contribution in [0.15, 0.2) is 28.8 Å². The van der Waals surface area contributed by atoms with Gasteiger partial charge in [-0.2, -0.15) is 4.98 Å². The number of aldehydes is 1. The monoisotopic (exact) mass is 260 g/mol. The van der Waals surface area contributed by atoms with Crippen LogP contribution in [-0.4, -0.2) is 27.5 Å². The number of aromatic nitrogens is 2. The van der Waals surface area contributed by atoms with Crippen LogP contribution in [0.4, 0.5) is 0 Å². The molecule has 1 heterocycles. The minimum atomic E-state index is -1.02. The highest BCUT2D eigenvalue weighted by molar-refractivity contribution is 5.79. The summed E-state index contributed by atoms with van der Waals surface area (Å²) in [5, 5.41) is 12.8. The van der Waals surface area contributed by atoms with Gasteiger partial charge in [-0.05, 0) is 5.56 Å². The maximum absolute atomic E-state index is 11.0. The Morgan fingerprint density at radius 1 is 1.42 bits per heavy atom. The van der Waals surface area contributed by atoms with Gasteiger partial charge < -0.3 is 14.4 Å². The zero-order valence-electron chi connectivity index (χ0n) is 10.2. The molecule has 0 aliphatic heterocycles. The second kappa shape index (κ2) is 5.43. The predicted octanol–water partition coefficient (Wildman–Crippen LogP) is 1.80. The van der Waals surface area contributed by atoms with Gasteiger partial charge >= 0.3 is 5.97 Å². The smallest absolute Gasteiger partial charge is 0.311 e. The van der Waals surface area contributed by atoms with E-state index >= 15 is 0 Å². The molecule has 0 amide bonds. The summed E-state index contributed by atoms with van der Waals surface area (Å²) >= 11 is 0. The van der Waals surface area contributed by atoms with Gasteiger partial charge in [-0.3, -0.25) is 4.79 Å². The molecule has 1 atom stereocenters. The molecule has 2 aromatic rings. The van der Waals surface area contributed by atoms with Crippen LogP contribution in [0.1, 0.15) is 23.8 Å². The average molecular weight is 260 g/mol. The molecule has 2 rings (SSSR count). The van der Waals surface area contributed by atoms with Crippen LogP contribution >= 0.6 is 0 Å². The third-order valence-corrected chi connectivity index (χ3v) is 2.73. The van der Waals surface area contributed by atoms with Crippen LogP contribution < -0.4 is 0 Å². The second-order valence-electron chi connectivity index (χ2n) is 4.05. The van der Waals surface area contributed by atoms with E-state index in [0.717, 1.165) is 5.56 Å². The van der Waals surface area contributed by atoms with E-state index in [1.165, 1.54) is 0 Å². The zero-order chi connectivity index (χ0) is 13.8. The number of hydrogen-bond acceptors (Lipinski definition) is 5. The van der Waals surface area contributed by atoms with Crippen molar-refractivity contribution in [2.75, 3.05) is 0 Å². The van der Waals surface area contributed by atoms with Crippen LogP contribution in [0.2, 0.25) is 0 Å². The Bertz CT molecular complexity index is 589. The van der Waals surface area contributed by atoms with Gasteiger partial charge in [0.15, 0.2) is 0 Å². The number of carbonyl (C=O) groups is 2. The van der Waals surface area contributed by atoms with E-state index in [9.17, 15) is 9.59 Å². The molecule has 0 bridgehead atoms. The number of aliphatic carboxylic acids is 1. The number of rotatable bonds is 5. The number of hydrogen-bond donors (Lipinski definition) is 1. The van der Waals surface area contributed by atoms with E-state index in [4.69, 9.17) is 9.63 Å². The quantitative estimate of drug-likeness (QED) is 0.824. The summed E-state index contributed by atoms with van der Waals surface area (Å²) in [5.41, 5.74) is 1.31. The van der Waals surface area contributed by atoms with Crippen LogP contribution in [-0.2, 0) is 9.59 Å². The largest absolute Gasteiger partial charge is 0.481 e. The highest BCUT2D eigenvalue weighted by Gasteiger charge is 2.19. The average Bonchev–Trinajstić information content (AvgIpc) is 2.82. The lowest BCUT2D eigenvalue weighted by Gasteiger charge is -2.09. The Balaban J connectivity index is 2.26. The molecule has 1 N–H and O–H groups in total. The molecular formula is C13H12N2O4. The second-order valence-corrected chi connectivity index (χ2v) is 4.05. The molecular weight excluding hydrogens is 248 g/mol. The van der Waals surface area contributed by atoms with Crippen molar-refractivity contribution >= 4 is 12.3 Å². The minimum Gasteiger partial charge on any atom is -0.481 e. The molecule has 1 aromatic heterocycles. The molecule has 0 saturated carbocycles. The summed E-state index contributed by atoms with van der Waals surface area (Å²) in [6.45, 7) is 1.69. The lowest BCUT2D eigenvalue weighted by atomic mass is 9.95. The molecule has 6 nitrogen and oxygen atoms in total. The fourth-order valence-corrected chi connectivity index (χ4v) is 1.76. The SMILES string of the molecule is Cc1nc(-c2ccc(C(CC=O)C(=O)O)cc2)no1. The summed E-state index contributed by atoms with van der Waals surface area (Å²) in [7, 11) is 0. The zero-order valence-corrected chi connectivity index (χ0v) is 10.2. The summed E-state index contributed by atoms with van der Waals surface area (Å²) in [6.07, 6.45) is 0.561. The standard InChI is InChI=1S/C13H12N2O4/c1-8-14-12(15-19-8)10-4-2-9(3-5-10)11(6-7-16)13(17)18/h2-5,7,11H,6H2,1H3,(H,17,18). The number of carboxylic acid groups (broad SMARTS) is 1. The van der Waals surface area contributed by atoms with Crippen molar-refractivity contribution in [2.45, 2.75) is 19.3 Å². The highest BCUT2D eigenvalue weighted by Crippen LogP contribution is 2.23. The van der Waals surface area contributed by atoms with Gasteiger partial charge in [0.05, 0.1) is 5.92 Å². The Morgan fingerprint density at radius 3 is 2.58 bits per heavy atom. The van der Waals surface area contributed by atoms with Crippen LogP contribution in [0, 0.1) is 6.92 Å². The van der Waals surface area contributed by atoms with Gasteiger partial charge in [0.1, 0.15) is 6.29 Å².